The topological polar surface area (TPSA) is 162 Å². The van der Waals surface area contributed by atoms with Crippen LogP contribution in [0.1, 0.15) is 6.42 Å². The van der Waals surface area contributed by atoms with Gasteiger partial charge in [0.1, 0.15) is 0 Å². The van der Waals surface area contributed by atoms with Gasteiger partial charge < -0.3 is 20.4 Å². The molecule has 0 spiro atoms. The fourth-order valence-corrected chi connectivity index (χ4v) is 4.58. The van der Waals surface area contributed by atoms with Gasteiger partial charge >= 0.3 is 59.7 Å². The lowest BCUT2D eigenvalue weighted by Gasteiger charge is -2.42. The fourth-order valence-electron chi connectivity index (χ4n) is 4.58. The van der Waals surface area contributed by atoms with Crippen molar-refractivity contribution >= 4 is 23.9 Å². The number of carboxylic acids is 4. The maximum atomic E-state index is 15.1. The van der Waals surface area contributed by atoms with Crippen LogP contribution in [0.4, 0.5) is 57.1 Å². The van der Waals surface area contributed by atoms with E-state index in [4.69, 9.17) is 5.11 Å². The molecule has 0 aromatic rings. The molecule has 1 aliphatic heterocycles. The van der Waals surface area contributed by atoms with Crippen LogP contribution in [0.3, 0.4) is 0 Å². The second-order valence-corrected chi connectivity index (χ2v) is 10.7. The van der Waals surface area contributed by atoms with E-state index in [0.29, 0.717) is 9.80 Å². The van der Waals surface area contributed by atoms with E-state index in [1.807, 2.05) is 0 Å². The van der Waals surface area contributed by atoms with Crippen LogP contribution in [0.15, 0.2) is 0 Å². The Labute approximate surface area is 261 Å². The Morgan fingerprint density at radius 1 is 0.479 bits per heavy atom. The average Bonchev–Trinajstić information content (AvgIpc) is 2.88. The number of carbonyl (C=O) groups is 4. The number of alkyl halides is 13. The molecule has 1 heterocycles. The zero-order valence-electron chi connectivity index (χ0n) is 24.2. The summed E-state index contributed by atoms with van der Waals surface area (Å²) in [6.07, 6.45) is -10.5. The van der Waals surface area contributed by atoms with Gasteiger partial charge in [-0.3, -0.25) is 38.8 Å². The molecule has 0 aromatic carbocycles. The van der Waals surface area contributed by atoms with E-state index in [1.54, 1.807) is 0 Å². The molecule has 0 aromatic heterocycles. The summed E-state index contributed by atoms with van der Waals surface area (Å²) in [6.45, 7) is -8.92. The van der Waals surface area contributed by atoms with Gasteiger partial charge in [-0.1, -0.05) is 0 Å². The molecule has 48 heavy (non-hydrogen) atoms. The molecule has 1 fully saturated rings. The Kier molecular flexibility index (Phi) is 13.9. The number of carboxylic acid groups (broad SMARTS) is 4. The summed E-state index contributed by atoms with van der Waals surface area (Å²) in [5.41, 5.74) is 0. The fraction of sp³-hybridized carbons (Fsp3) is 0.826. The highest BCUT2D eigenvalue weighted by Crippen LogP contribution is 2.60. The molecule has 1 rings (SSSR count). The summed E-state index contributed by atoms with van der Waals surface area (Å²) in [7, 11) is 0. The van der Waals surface area contributed by atoms with Gasteiger partial charge in [0.15, 0.2) is 0 Å². The van der Waals surface area contributed by atoms with E-state index >= 15 is 8.78 Å². The summed E-state index contributed by atoms with van der Waals surface area (Å²) in [5, 5.41) is 36.9. The third-order valence-electron chi connectivity index (χ3n) is 7.06. The first-order chi connectivity index (χ1) is 21.5. The molecule has 1 unspecified atom stereocenters. The van der Waals surface area contributed by atoms with Gasteiger partial charge in [0.2, 0.25) is 0 Å². The highest BCUT2D eigenvalue weighted by molar-refractivity contribution is 5.70. The van der Waals surface area contributed by atoms with Crippen molar-refractivity contribution in [2.24, 2.45) is 0 Å². The number of hydrogen-bond acceptors (Lipinski definition) is 8. The van der Waals surface area contributed by atoms with E-state index in [0.717, 1.165) is 9.80 Å². The highest BCUT2D eigenvalue weighted by atomic mass is 19.4. The van der Waals surface area contributed by atoms with Crippen LogP contribution in [0.2, 0.25) is 0 Å². The van der Waals surface area contributed by atoms with Crippen molar-refractivity contribution in [3.63, 3.8) is 0 Å². The van der Waals surface area contributed by atoms with Crippen LogP contribution in [0.5, 0.6) is 0 Å². The van der Waals surface area contributed by atoms with Gasteiger partial charge in [-0.2, -0.15) is 57.1 Å². The van der Waals surface area contributed by atoms with Gasteiger partial charge in [-0.05, 0) is 0 Å². The van der Waals surface area contributed by atoms with Crippen LogP contribution in [-0.4, -0.2) is 178 Å². The molecule has 25 heteroatoms. The molecule has 1 aliphatic rings. The number of aliphatic carboxylic acids is 4. The van der Waals surface area contributed by atoms with E-state index in [1.165, 1.54) is 0 Å². The van der Waals surface area contributed by atoms with Crippen molar-refractivity contribution < 1.29 is 96.7 Å². The first kappa shape index (κ1) is 42.8. The summed E-state index contributed by atoms with van der Waals surface area (Å²) in [6, 6.07) is -2.60. The number of halogens is 13. The zero-order valence-corrected chi connectivity index (χ0v) is 24.2. The van der Waals surface area contributed by atoms with Gasteiger partial charge in [-0.25, -0.2) is 0 Å². The van der Waals surface area contributed by atoms with Crippen LogP contribution in [0.25, 0.3) is 0 Å². The second-order valence-electron chi connectivity index (χ2n) is 10.7. The van der Waals surface area contributed by atoms with E-state index in [2.05, 4.69) is 0 Å². The molecule has 0 saturated carbocycles. The molecular formula is C23H29F13N4O8. The standard InChI is InChI=1S/C23H29F13N4O8/c24-18(25,19(26,27)20(28,29)21(30,31)22(32,33)23(34,35)36)7-13-8-39(11-16(45)46)4-3-37(9-14(41)42)1-2-38(10-15(43)44)5-6-40(13)12-17(47)48/h13H,1-12H2,(H,41,42)(H,43,44)(H,45,46)(H,47,48). The van der Waals surface area contributed by atoms with E-state index in [-0.39, 0.29) is 13.1 Å². The summed E-state index contributed by atoms with van der Waals surface area (Å²) < 4.78 is 179. The Hall–Kier alpha value is -3.19. The van der Waals surface area contributed by atoms with Gasteiger partial charge in [0.25, 0.3) is 0 Å². The summed E-state index contributed by atoms with van der Waals surface area (Å²) in [5.74, 6) is -45.3. The molecule has 4 N–H and O–H groups in total. The van der Waals surface area contributed by atoms with Crippen molar-refractivity contribution in [1.82, 2.24) is 19.6 Å². The number of rotatable bonds is 14. The first-order valence-corrected chi connectivity index (χ1v) is 13.2. The minimum absolute atomic E-state index is 0.237. The Morgan fingerprint density at radius 2 is 0.812 bits per heavy atom. The number of nitrogens with zero attached hydrogens (tertiary/aromatic N) is 4. The van der Waals surface area contributed by atoms with Crippen LogP contribution in [0, 0.1) is 0 Å². The predicted octanol–water partition coefficient (Wildman–Crippen LogP) is 2.04. The largest absolute Gasteiger partial charge is 0.480 e. The molecule has 0 amide bonds. The zero-order chi connectivity index (χ0) is 37.7. The maximum Gasteiger partial charge on any atom is 0.460 e. The predicted molar refractivity (Wildman–Crippen MR) is 131 cm³/mol. The Bertz CT molecular complexity index is 1160. The minimum atomic E-state index is -8.18. The monoisotopic (exact) mass is 736 g/mol. The molecule has 1 saturated heterocycles. The summed E-state index contributed by atoms with van der Waals surface area (Å²) in [4.78, 5) is 48.5. The minimum Gasteiger partial charge on any atom is -0.480 e. The van der Waals surface area contributed by atoms with Gasteiger partial charge in [0, 0.05) is 58.3 Å². The first-order valence-electron chi connectivity index (χ1n) is 13.2. The third-order valence-corrected chi connectivity index (χ3v) is 7.06. The van der Waals surface area contributed by atoms with Gasteiger partial charge in [0.05, 0.1) is 26.2 Å². The molecule has 1 atom stereocenters. The molecule has 0 radical (unpaired) electrons. The number of hydrogen-bond donors (Lipinski definition) is 4. The average molecular weight is 736 g/mol. The SMILES string of the molecule is O=C(O)CN1CCN(CC(=O)O)CCN(CC(=O)O)C(CC(F)(F)C(F)(F)C(F)(F)C(F)(F)C(F)(F)C(F)(F)F)CN(CC(=O)O)CC1. The van der Waals surface area contributed by atoms with Crippen LogP contribution in [-0.2, 0) is 19.2 Å². The second kappa shape index (κ2) is 15.6. The summed E-state index contributed by atoms with van der Waals surface area (Å²) >= 11 is 0. The molecule has 12 nitrogen and oxygen atoms in total. The lowest BCUT2D eigenvalue weighted by Crippen LogP contribution is -2.70. The van der Waals surface area contributed by atoms with Crippen molar-refractivity contribution in [1.29, 1.82) is 0 Å². The van der Waals surface area contributed by atoms with Crippen LogP contribution >= 0.6 is 0 Å². The molecule has 0 aliphatic carbocycles. The highest BCUT2D eigenvalue weighted by Gasteiger charge is 2.90. The Morgan fingerprint density at radius 3 is 1.19 bits per heavy atom. The van der Waals surface area contributed by atoms with E-state index < -0.39 is 131 Å². The van der Waals surface area contributed by atoms with Crippen molar-refractivity contribution in [2.45, 2.75) is 48.3 Å². The van der Waals surface area contributed by atoms with Crippen molar-refractivity contribution in [2.75, 3.05) is 72.0 Å². The lowest BCUT2D eigenvalue weighted by atomic mass is 9.90. The smallest absolute Gasteiger partial charge is 0.460 e. The third kappa shape index (κ3) is 10.2. The van der Waals surface area contributed by atoms with Crippen molar-refractivity contribution in [3.05, 3.63) is 0 Å². The van der Waals surface area contributed by atoms with Crippen molar-refractivity contribution in [3.8, 4) is 0 Å². The Balaban J connectivity index is 3.77. The quantitative estimate of drug-likeness (QED) is 0.193. The van der Waals surface area contributed by atoms with Crippen LogP contribution < -0.4 is 0 Å². The normalized spacial score (nSPS) is 20.1. The van der Waals surface area contributed by atoms with Gasteiger partial charge in [-0.15, -0.1) is 0 Å². The van der Waals surface area contributed by atoms with E-state index in [9.17, 15) is 82.8 Å². The molecule has 0 bridgehead atoms. The lowest BCUT2D eigenvalue weighted by molar-refractivity contribution is -0.440. The molecular weight excluding hydrogens is 707 g/mol. The molecule has 280 valence electrons. The maximum absolute atomic E-state index is 15.1.